The second kappa shape index (κ2) is 14.6. The first-order chi connectivity index (χ1) is 16.9. The number of esters is 1. The summed E-state index contributed by atoms with van der Waals surface area (Å²) >= 11 is 6.19. The van der Waals surface area contributed by atoms with Crippen LogP contribution in [-0.4, -0.2) is 68.4 Å². The SMILES string of the molecule is COC(=O)/C(=C/c1cc(OC)c(Cl)c(OC)c1)NC(=O)[C@@H](NC(=O)C[C@@H](N)CCCCN)C(C)(C)O. The molecule has 0 aliphatic rings. The Bertz CT molecular complexity index is 922. The lowest BCUT2D eigenvalue weighted by atomic mass is 9.97. The number of carbonyl (C=O) groups is 3. The molecule has 1 aromatic carbocycles. The van der Waals surface area contributed by atoms with Crippen LogP contribution in [-0.2, 0) is 19.1 Å². The Balaban J connectivity index is 3.17. The van der Waals surface area contributed by atoms with Gasteiger partial charge in [0.1, 0.15) is 28.3 Å². The van der Waals surface area contributed by atoms with Gasteiger partial charge in [-0.2, -0.15) is 0 Å². The average molecular weight is 529 g/mol. The maximum atomic E-state index is 13.1. The number of carbonyl (C=O) groups excluding carboxylic acids is 3. The number of nitrogens with one attached hydrogen (secondary N) is 2. The highest BCUT2D eigenvalue weighted by Crippen LogP contribution is 2.35. The summed E-state index contributed by atoms with van der Waals surface area (Å²) in [6, 6.07) is 1.23. The molecule has 0 aliphatic carbocycles. The van der Waals surface area contributed by atoms with Gasteiger partial charge in [-0.3, -0.25) is 9.59 Å². The number of ether oxygens (including phenoxy) is 3. The van der Waals surface area contributed by atoms with Crippen molar-refractivity contribution in [3.8, 4) is 11.5 Å². The fourth-order valence-corrected chi connectivity index (χ4v) is 3.54. The van der Waals surface area contributed by atoms with Crippen molar-refractivity contribution in [1.29, 1.82) is 0 Å². The molecule has 12 heteroatoms. The van der Waals surface area contributed by atoms with Crippen LogP contribution in [0, 0.1) is 0 Å². The molecule has 1 rings (SSSR count). The minimum absolute atomic E-state index is 0.0471. The quantitative estimate of drug-likeness (QED) is 0.134. The number of halogens is 1. The largest absolute Gasteiger partial charge is 0.495 e. The van der Waals surface area contributed by atoms with E-state index in [1.807, 2.05) is 0 Å². The first kappa shape index (κ1) is 31.2. The minimum Gasteiger partial charge on any atom is -0.495 e. The molecule has 0 unspecified atom stereocenters. The average Bonchev–Trinajstić information content (AvgIpc) is 2.81. The normalized spacial score (nSPS) is 13.4. The molecule has 36 heavy (non-hydrogen) atoms. The van der Waals surface area contributed by atoms with Gasteiger partial charge < -0.3 is 41.4 Å². The zero-order valence-electron chi connectivity index (χ0n) is 21.4. The smallest absolute Gasteiger partial charge is 0.354 e. The summed E-state index contributed by atoms with van der Waals surface area (Å²) in [6.45, 7) is 3.25. The molecule has 0 heterocycles. The number of benzene rings is 1. The molecule has 7 N–H and O–H groups in total. The molecule has 0 radical (unpaired) electrons. The van der Waals surface area contributed by atoms with Crippen LogP contribution in [0.2, 0.25) is 5.02 Å². The van der Waals surface area contributed by atoms with E-state index in [1.54, 1.807) is 0 Å². The third-order valence-corrected chi connectivity index (χ3v) is 5.57. The van der Waals surface area contributed by atoms with Gasteiger partial charge in [0.2, 0.25) is 11.8 Å². The minimum atomic E-state index is -1.67. The second-order valence-corrected chi connectivity index (χ2v) is 9.06. The highest BCUT2D eigenvalue weighted by Gasteiger charge is 2.36. The van der Waals surface area contributed by atoms with Crippen LogP contribution in [0.1, 0.15) is 45.1 Å². The van der Waals surface area contributed by atoms with Crippen molar-refractivity contribution in [1.82, 2.24) is 10.6 Å². The Kier molecular flexibility index (Phi) is 12.7. The van der Waals surface area contributed by atoms with Gasteiger partial charge in [0.05, 0.1) is 26.9 Å². The zero-order chi connectivity index (χ0) is 27.5. The molecule has 0 saturated heterocycles. The third kappa shape index (κ3) is 9.65. The first-order valence-corrected chi connectivity index (χ1v) is 11.7. The van der Waals surface area contributed by atoms with E-state index in [0.717, 1.165) is 20.0 Å². The van der Waals surface area contributed by atoms with Crippen LogP contribution >= 0.6 is 11.6 Å². The summed E-state index contributed by atoms with van der Waals surface area (Å²) in [4.78, 5) is 38.1. The third-order valence-electron chi connectivity index (χ3n) is 5.19. The molecule has 2 atom stereocenters. The fourth-order valence-electron chi connectivity index (χ4n) is 3.27. The maximum Gasteiger partial charge on any atom is 0.354 e. The molecule has 0 aromatic heterocycles. The topological polar surface area (TPSA) is 175 Å². The van der Waals surface area contributed by atoms with Gasteiger partial charge >= 0.3 is 5.97 Å². The Hall–Kier alpha value is -2.86. The molecular formula is C24H37ClN4O7. The van der Waals surface area contributed by atoms with Crippen molar-refractivity contribution in [3.05, 3.63) is 28.4 Å². The van der Waals surface area contributed by atoms with E-state index in [2.05, 4.69) is 10.6 Å². The van der Waals surface area contributed by atoms with E-state index in [4.69, 9.17) is 37.3 Å². The number of nitrogens with two attached hydrogens (primary N) is 2. The van der Waals surface area contributed by atoms with E-state index in [9.17, 15) is 19.5 Å². The van der Waals surface area contributed by atoms with Crippen molar-refractivity contribution in [2.45, 2.75) is 57.2 Å². The number of hydrogen-bond acceptors (Lipinski definition) is 9. The lowest BCUT2D eigenvalue weighted by Gasteiger charge is -2.29. The molecule has 0 spiro atoms. The van der Waals surface area contributed by atoms with Crippen LogP contribution in [0.25, 0.3) is 6.08 Å². The molecule has 2 amide bonds. The fraction of sp³-hybridized carbons (Fsp3) is 0.542. The van der Waals surface area contributed by atoms with Crippen LogP contribution in [0.5, 0.6) is 11.5 Å². The van der Waals surface area contributed by atoms with Crippen LogP contribution in [0.15, 0.2) is 17.8 Å². The van der Waals surface area contributed by atoms with Gasteiger partial charge in [0.15, 0.2) is 0 Å². The van der Waals surface area contributed by atoms with E-state index < -0.39 is 35.5 Å². The number of unbranched alkanes of at least 4 members (excludes halogenated alkanes) is 1. The standard InChI is InChI=1S/C24H37ClN4O7/c1-24(2,33)21(29-19(30)13-15(27)8-6-7-9-26)22(31)28-16(23(32)36-5)10-14-11-17(34-3)20(25)18(12-14)35-4/h10-12,15,21,33H,6-9,13,26-27H2,1-5H3,(H,28,31)(H,29,30)/b16-10-/t15-,21+/m0/s1. The van der Waals surface area contributed by atoms with E-state index in [-0.39, 0.29) is 28.6 Å². The summed E-state index contributed by atoms with van der Waals surface area (Å²) in [6.07, 6.45) is 3.43. The molecule has 11 nitrogen and oxygen atoms in total. The Morgan fingerprint density at radius 3 is 2.19 bits per heavy atom. The summed E-state index contributed by atoms with van der Waals surface area (Å²) < 4.78 is 15.2. The summed E-state index contributed by atoms with van der Waals surface area (Å²) in [5.41, 5.74) is 9.94. The molecule has 0 fully saturated rings. The Morgan fingerprint density at radius 2 is 1.72 bits per heavy atom. The van der Waals surface area contributed by atoms with Crippen LogP contribution < -0.4 is 31.6 Å². The lowest BCUT2D eigenvalue weighted by Crippen LogP contribution is -2.58. The molecule has 0 saturated carbocycles. The zero-order valence-corrected chi connectivity index (χ0v) is 22.1. The van der Waals surface area contributed by atoms with Crippen LogP contribution in [0.4, 0.5) is 0 Å². The van der Waals surface area contributed by atoms with Crippen molar-refractivity contribution in [3.63, 3.8) is 0 Å². The summed E-state index contributed by atoms with van der Waals surface area (Å²) in [5.74, 6) is -1.66. The molecule has 202 valence electrons. The highest BCUT2D eigenvalue weighted by atomic mass is 35.5. The van der Waals surface area contributed by atoms with Crippen molar-refractivity contribution in [2.24, 2.45) is 11.5 Å². The van der Waals surface area contributed by atoms with Gasteiger partial charge in [-0.05, 0) is 57.0 Å². The maximum absolute atomic E-state index is 13.1. The molecular weight excluding hydrogens is 492 g/mol. The first-order valence-electron chi connectivity index (χ1n) is 11.4. The second-order valence-electron chi connectivity index (χ2n) is 8.68. The number of aliphatic hydroxyl groups is 1. The predicted molar refractivity (Wildman–Crippen MR) is 136 cm³/mol. The summed E-state index contributed by atoms with van der Waals surface area (Å²) in [5, 5.41) is 15.7. The highest BCUT2D eigenvalue weighted by molar-refractivity contribution is 6.33. The molecule has 0 aliphatic heterocycles. The molecule has 1 aromatic rings. The molecule has 0 bridgehead atoms. The van der Waals surface area contributed by atoms with Crippen molar-refractivity contribution < 1.29 is 33.7 Å². The number of methoxy groups -OCH3 is 3. The van der Waals surface area contributed by atoms with Crippen molar-refractivity contribution in [2.75, 3.05) is 27.9 Å². The number of amides is 2. The van der Waals surface area contributed by atoms with Gasteiger partial charge in [0.25, 0.3) is 0 Å². The van der Waals surface area contributed by atoms with Crippen molar-refractivity contribution >= 4 is 35.5 Å². The van der Waals surface area contributed by atoms with Gasteiger partial charge in [-0.1, -0.05) is 18.0 Å². The van der Waals surface area contributed by atoms with E-state index in [0.29, 0.717) is 18.5 Å². The Morgan fingerprint density at radius 1 is 1.14 bits per heavy atom. The van der Waals surface area contributed by atoms with Gasteiger partial charge in [-0.25, -0.2) is 4.79 Å². The lowest BCUT2D eigenvalue weighted by molar-refractivity contribution is -0.139. The predicted octanol–water partition coefficient (Wildman–Crippen LogP) is 1.09. The number of hydrogen-bond donors (Lipinski definition) is 5. The van der Waals surface area contributed by atoms with E-state index >= 15 is 0 Å². The van der Waals surface area contributed by atoms with Gasteiger partial charge in [-0.15, -0.1) is 0 Å². The van der Waals surface area contributed by atoms with E-state index in [1.165, 1.54) is 46.3 Å². The summed E-state index contributed by atoms with van der Waals surface area (Å²) in [7, 11) is 3.97. The number of rotatable bonds is 14. The van der Waals surface area contributed by atoms with Gasteiger partial charge in [0, 0.05) is 12.5 Å². The Labute approximate surface area is 216 Å². The van der Waals surface area contributed by atoms with Crippen LogP contribution in [0.3, 0.4) is 0 Å². The monoisotopic (exact) mass is 528 g/mol.